The summed E-state index contributed by atoms with van der Waals surface area (Å²) in [7, 11) is -1.41. The molecular formula is C14H19F2N3O2S. The summed E-state index contributed by atoms with van der Waals surface area (Å²) in [6, 6.07) is 3.58. The van der Waals surface area contributed by atoms with E-state index in [1.807, 2.05) is 0 Å². The maximum Gasteiger partial charge on any atom is 0.191 e. The molecule has 1 saturated heterocycles. The molecule has 1 unspecified atom stereocenters. The summed E-state index contributed by atoms with van der Waals surface area (Å²) in [5.41, 5.74) is 0.0221. The van der Waals surface area contributed by atoms with Gasteiger partial charge in [0.1, 0.15) is 11.6 Å². The maximum atomic E-state index is 13.5. The van der Waals surface area contributed by atoms with Crippen LogP contribution < -0.4 is 10.6 Å². The average Bonchev–Trinajstić information content (AvgIpc) is 2.80. The lowest BCUT2D eigenvalue weighted by Gasteiger charge is -2.16. The van der Waals surface area contributed by atoms with Gasteiger partial charge in [0.15, 0.2) is 15.8 Å². The van der Waals surface area contributed by atoms with E-state index in [1.54, 1.807) is 7.05 Å². The average molecular weight is 331 g/mol. The van der Waals surface area contributed by atoms with Crippen molar-refractivity contribution in [3.05, 3.63) is 35.4 Å². The van der Waals surface area contributed by atoms with Crippen LogP contribution in [-0.2, 0) is 16.3 Å². The largest absolute Gasteiger partial charge is 0.356 e. The number of halogens is 2. The highest BCUT2D eigenvalue weighted by Gasteiger charge is 2.28. The molecule has 2 N–H and O–H groups in total. The van der Waals surface area contributed by atoms with Crippen LogP contribution in [0.25, 0.3) is 0 Å². The first-order chi connectivity index (χ1) is 10.4. The second-order valence-corrected chi connectivity index (χ2v) is 7.42. The second-order valence-electron chi connectivity index (χ2n) is 5.19. The third-order valence-corrected chi connectivity index (χ3v) is 5.29. The fourth-order valence-electron chi connectivity index (χ4n) is 2.37. The number of sulfone groups is 1. The molecule has 122 valence electrons. The van der Waals surface area contributed by atoms with Crippen molar-refractivity contribution in [3.63, 3.8) is 0 Å². The van der Waals surface area contributed by atoms with Gasteiger partial charge in [0, 0.05) is 25.2 Å². The zero-order chi connectivity index (χ0) is 16.2. The van der Waals surface area contributed by atoms with Gasteiger partial charge in [-0.1, -0.05) is 6.07 Å². The predicted molar refractivity (Wildman–Crippen MR) is 81.6 cm³/mol. The summed E-state index contributed by atoms with van der Waals surface area (Å²) >= 11 is 0. The minimum Gasteiger partial charge on any atom is -0.356 e. The van der Waals surface area contributed by atoms with Crippen LogP contribution in [0, 0.1) is 11.6 Å². The van der Waals surface area contributed by atoms with Crippen molar-refractivity contribution in [2.24, 2.45) is 4.99 Å². The summed E-state index contributed by atoms with van der Waals surface area (Å²) in [5, 5.41) is 5.95. The zero-order valence-electron chi connectivity index (χ0n) is 12.3. The molecule has 1 aliphatic heterocycles. The predicted octanol–water partition coefficient (Wildman–Crippen LogP) is 0.859. The van der Waals surface area contributed by atoms with Crippen molar-refractivity contribution < 1.29 is 17.2 Å². The van der Waals surface area contributed by atoms with Crippen molar-refractivity contribution >= 4 is 15.8 Å². The molecule has 1 aromatic rings. The number of aliphatic imine (C=N–C) groups is 1. The third-order valence-electron chi connectivity index (χ3n) is 3.53. The zero-order valence-corrected chi connectivity index (χ0v) is 13.1. The van der Waals surface area contributed by atoms with Gasteiger partial charge < -0.3 is 10.6 Å². The molecule has 1 atom stereocenters. The van der Waals surface area contributed by atoms with Crippen molar-refractivity contribution in [1.29, 1.82) is 0 Å². The number of benzene rings is 1. The number of guanidine groups is 1. The van der Waals surface area contributed by atoms with Gasteiger partial charge in [0.05, 0.1) is 11.5 Å². The van der Waals surface area contributed by atoms with E-state index in [0.29, 0.717) is 12.4 Å². The van der Waals surface area contributed by atoms with Crippen LogP contribution in [0.4, 0.5) is 8.78 Å². The van der Waals surface area contributed by atoms with E-state index < -0.39 is 21.5 Å². The van der Waals surface area contributed by atoms with E-state index >= 15 is 0 Å². The van der Waals surface area contributed by atoms with Crippen molar-refractivity contribution in [3.8, 4) is 0 Å². The molecule has 0 aromatic heterocycles. The van der Waals surface area contributed by atoms with Crippen LogP contribution in [0.5, 0.6) is 0 Å². The Morgan fingerprint density at radius 2 is 2.05 bits per heavy atom. The van der Waals surface area contributed by atoms with Gasteiger partial charge in [0.25, 0.3) is 0 Å². The highest BCUT2D eigenvalue weighted by Crippen LogP contribution is 2.12. The highest BCUT2D eigenvalue weighted by atomic mass is 32.2. The Morgan fingerprint density at radius 1 is 1.36 bits per heavy atom. The molecule has 0 aliphatic carbocycles. The second kappa shape index (κ2) is 7.04. The first-order valence-electron chi connectivity index (χ1n) is 7.02. The topological polar surface area (TPSA) is 70.6 Å². The van der Waals surface area contributed by atoms with Gasteiger partial charge in [-0.3, -0.25) is 4.99 Å². The molecule has 0 bridgehead atoms. The van der Waals surface area contributed by atoms with Gasteiger partial charge in [-0.05, 0) is 25.0 Å². The minimum atomic E-state index is -2.97. The first kappa shape index (κ1) is 16.7. The lowest BCUT2D eigenvalue weighted by Crippen LogP contribution is -2.44. The lowest BCUT2D eigenvalue weighted by atomic mass is 10.1. The lowest BCUT2D eigenvalue weighted by molar-refractivity contribution is 0.552. The Labute approximate surface area is 128 Å². The normalized spacial score (nSPS) is 20.9. The number of nitrogens with zero attached hydrogens (tertiary/aromatic N) is 1. The molecule has 22 heavy (non-hydrogen) atoms. The van der Waals surface area contributed by atoms with Gasteiger partial charge in [-0.15, -0.1) is 0 Å². The molecule has 8 heteroatoms. The van der Waals surface area contributed by atoms with Gasteiger partial charge in [-0.25, -0.2) is 17.2 Å². The Balaban J connectivity index is 1.85. The number of hydrogen-bond acceptors (Lipinski definition) is 3. The Kier molecular flexibility index (Phi) is 5.33. The Bertz CT molecular complexity index is 642. The van der Waals surface area contributed by atoms with E-state index in [9.17, 15) is 17.2 Å². The Morgan fingerprint density at radius 3 is 2.59 bits per heavy atom. The number of rotatable bonds is 4. The van der Waals surface area contributed by atoms with Crippen LogP contribution >= 0.6 is 0 Å². The molecule has 1 heterocycles. The summed E-state index contributed by atoms with van der Waals surface area (Å²) in [6.07, 6.45) is 0.702. The van der Waals surface area contributed by atoms with Crippen molar-refractivity contribution in [2.75, 3.05) is 25.1 Å². The molecule has 0 spiro atoms. The summed E-state index contributed by atoms with van der Waals surface area (Å²) in [6.45, 7) is 0.289. The highest BCUT2D eigenvalue weighted by molar-refractivity contribution is 7.91. The van der Waals surface area contributed by atoms with E-state index in [-0.39, 0.29) is 36.1 Å². The molecular weight excluding hydrogens is 312 g/mol. The third kappa shape index (κ3) is 4.40. The standard InChI is InChI=1S/C14H19F2N3O2S/c1-17-14(19-10-6-8-22(20,21)9-10)18-7-5-11-12(15)3-2-4-13(11)16/h2-4,10H,5-9H2,1H3,(H2,17,18,19). The minimum absolute atomic E-state index is 0.0221. The van der Waals surface area contributed by atoms with Gasteiger partial charge in [-0.2, -0.15) is 0 Å². The van der Waals surface area contributed by atoms with Crippen LogP contribution in [0.3, 0.4) is 0 Å². The van der Waals surface area contributed by atoms with Crippen molar-refractivity contribution in [2.45, 2.75) is 18.9 Å². The summed E-state index contributed by atoms with van der Waals surface area (Å²) in [4.78, 5) is 3.99. The quantitative estimate of drug-likeness (QED) is 0.634. The molecule has 0 saturated carbocycles. The molecule has 0 radical (unpaired) electrons. The molecule has 1 fully saturated rings. The van der Waals surface area contributed by atoms with E-state index in [1.165, 1.54) is 18.2 Å². The fraction of sp³-hybridized carbons (Fsp3) is 0.500. The van der Waals surface area contributed by atoms with E-state index in [2.05, 4.69) is 15.6 Å². The number of hydrogen-bond donors (Lipinski definition) is 2. The molecule has 1 aliphatic rings. The van der Waals surface area contributed by atoms with E-state index in [0.717, 1.165) is 0 Å². The van der Waals surface area contributed by atoms with Gasteiger partial charge >= 0.3 is 0 Å². The van der Waals surface area contributed by atoms with Crippen LogP contribution in [0.15, 0.2) is 23.2 Å². The number of nitrogens with one attached hydrogen (secondary N) is 2. The van der Waals surface area contributed by atoms with Crippen LogP contribution in [0.2, 0.25) is 0 Å². The van der Waals surface area contributed by atoms with Crippen LogP contribution in [0.1, 0.15) is 12.0 Å². The summed E-state index contributed by atoms with van der Waals surface area (Å²) in [5.74, 6) is -0.477. The Hall–Kier alpha value is -1.70. The molecule has 5 nitrogen and oxygen atoms in total. The first-order valence-corrected chi connectivity index (χ1v) is 8.84. The molecule has 0 amide bonds. The molecule has 2 rings (SSSR count). The molecule has 1 aromatic carbocycles. The van der Waals surface area contributed by atoms with Crippen molar-refractivity contribution in [1.82, 2.24) is 10.6 Å². The van der Waals surface area contributed by atoms with Crippen LogP contribution in [-0.4, -0.2) is 45.5 Å². The van der Waals surface area contributed by atoms with Gasteiger partial charge in [0.2, 0.25) is 0 Å². The fourth-order valence-corrected chi connectivity index (χ4v) is 4.05. The summed E-state index contributed by atoms with van der Waals surface area (Å²) < 4.78 is 49.8. The maximum absolute atomic E-state index is 13.5. The smallest absolute Gasteiger partial charge is 0.191 e. The monoisotopic (exact) mass is 331 g/mol. The van der Waals surface area contributed by atoms with E-state index in [4.69, 9.17) is 0 Å². The SMILES string of the molecule is CN=C(NCCc1c(F)cccc1F)NC1CCS(=O)(=O)C1.